The van der Waals surface area contributed by atoms with Gasteiger partial charge in [-0.25, -0.2) is 4.79 Å². The highest BCUT2D eigenvalue weighted by Gasteiger charge is 2.27. The Morgan fingerprint density at radius 1 is 1.00 bits per heavy atom. The van der Waals surface area contributed by atoms with Gasteiger partial charge in [0.05, 0.1) is 0 Å². The van der Waals surface area contributed by atoms with Gasteiger partial charge in [-0.15, -0.1) is 0 Å². The second-order valence-corrected chi connectivity index (χ2v) is 7.42. The van der Waals surface area contributed by atoms with E-state index in [4.69, 9.17) is 0 Å². The lowest BCUT2D eigenvalue weighted by molar-refractivity contribution is 0.472. The van der Waals surface area contributed by atoms with E-state index >= 15 is 0 Å². The summed E-state index contributed by atoms with van der Waals surface area (Å²) in [5.74, 6) is 0. The fourth-order valence-electron chi connectivity index (χ4n) is 3.06. The minimum absolute atomic E-state index is 0.0596. The number of para-hydroxylation sites is 1. The van der Waals surface area contributed by atoms with Crippen molar-refractivity contribution in [2.45, 2.75) is 44.9 Å². The van der Waals surface area contributed by atoms with E-state index in [1.807, 2.05) is 13.8 Å². The molecule has 3 aromatic rings. The van der Waals surface area contributed by atoms with Crippen LogP contribution in [-0.4, -0.2) is 31.7 Å². The van der Waals surface area contributed by atoms with Crippen molar-refractivity contribution in [1.82, 2.24) is 18.7 Å². The number of fused-ring (bicyclic) bond motifs is 1. The summed E-state index contributed by atoms with van der Waals surface area (Å²) in [5, 5.41) is -0.695. The minimum atomic E-state index is -4.74. The van der Waals surface area contributed by atoms with Crippen LogP contribution in [0.1, 0.15) is 26.7 Å². The van der Waals surface area contributed by atoms with Gasteiger partial charge in [-0.1, -0.05) is 32.0 Å². The van der Waals surface area contributed by atoms with Gasteiger partial charge in [-0.2, -0.15) is 13.4 Å². The van der Waals surface area contributed by atoms with Gasteiger partial charge in [-0.3, -0.25) is 23.0 Å². The molecule has 3 rings (SSSR count). The van der Waals surface area contributed by atoms with Crippen molar-refractivity contribution in [3.05, 3.63) is 51.2 Å². The minimum Gasteiger partial charge on any atom is -0.279 e. The SMILES string of the molecule is CCCn1c(=O)c2c(nc(S(=O)(=O)O)n2-c2ccccc2)n(CCC)c1=O. The maximum Gasteiger partial charge on any atom is 0.332 e. The molecule has 0 saturated carbocycles. The molecule has 0 amide bonds. The van der Waals surface area contributed by atoms with E-state index in [2.05, 4.69) is 4.98 Å². The summed E-state index contributed by atoms with van der Waals surface area (Å²) in [6, 6.07) is 8.25. The average molecular weight is 392 g/mol. The van der Waals surface area contributed by atoms with Crippen molar-refractivity contribution in [3.63, 3.8) is 0 Å². The number of nitrogens with zero attached hydrogens (tertiary/aromatic N) is 4. The number of rotatable bonds is 6. The first-order chi connectivity index (χ1) is 12.8. The van der Waals surface area contributed by atoms with Crippen molar-refractivity contribution in [2.75, 3.05) is 0 Å². The molecule has 0 atom stereocenters. The maximum absolute atomic E-state index is 13.0. The van der Waals surface area contributed by atoms with Crippen molar-refractivity contribution in [3.8, 4) is 5.69 Å². The van der Waals surface area contributed by atoms with E-state index in [-0.39, 0.29) is 24.3 Å². The standard InChI is InChI=1S/C17H20N4O5S/c1-3-10-19-14-13(15(22)20(11-4-2)17(19)23)21(12-8-6-5-7-9-12)16(18-14)27(24,25)26/h5-9H,3-4,10-11H2,1-2H3,(H,24,25,26). The topological polar surface area (TPSA) is 116 Å². The van der Waals surface area contributed by atoms with Gasteiger partial charge in [0.2, 0.25) is 0 Å². The molecule has 144 valence electrons. The number of imidazole rings is 1. The van der Waals surface area contributed by atoms with Crippen LogP contribution in [0, 0.1) is 0 Å². The molecule has 0 radical (unpaired) electrons. The fraction of sp³-hybridized carbons (Fsp3) is 0.353. The first kappa shape index (κ1) is 19.1. The molecule has 0 bridgehead atoms. The molecule has 1 N–H and O–H groups in total. The number of aryl methyl sites for hydroxylation is 1. The number of hydrogen-bond donors (Lipinski definition) is 1. The second-order valence-electron chi connectivity index (χ2n) is 6.10. The van der Waals surface area contributed by atoms with Gasteiger partial charge in [0.25, 0.3) is 10.7 Å². The van der Waals surface area contributed by atoms with Crippen LogP contribution in [0.5, 0.6) is 0 Å². The van der Waals surface area contributed by atoms with Crippen LogP contribution in [0.15, 0.2) is 45.1 Å². The Morgan fingerprint density at radius 3 is 2.15 bits per heavy atom. The van der Waals surface area contributed by atoms with E-state index in [1.165, 1.54) is 4.57 Å². The lowest BCUT2D eigenvalue weighted by Gasteiger charge is -2.11. The smallest absolute Gasteiger partial charge is 0.279 e. The summed E-state index contributed by atoms with van der Waals surface area (Å²) in [7, 11) is -4.74. The lowest BCUT2D eigenvalue weighted by atomic mass is 10.3. The van der Waals surface area contributed by atoms with Gasteiger partial charge in [0, 0.05) is 18.8 Å². The molecular formula is C17H20N4O5S. The number of hydrogen-bond acceptors (Lipinski definition) is 5. The first-order valence-electron chi connectivity index (χ1n) is 8.60. The number of benzene rings is 1. The zero-order valence-electron chi connectivity index (χ0n) is 15.0. The van der Waals surface area contributed by atoms with E-state index in [0.29, 0.717) is 18.5 Å². The summed E-state index contributed by atoms with van der Waals surface area (Å²) in [6.45, 7) is 4.14. The Balaban J connectivity index is 2.59. The molecule has 0 aliphatic rings. The molecule has 2 heterocycles. The molecule has 1 aromatic carbocycles. The highest BCUT2D eigenvalue weighted by molar-refractivity contribution is 7.85. The fourth-order valence-corrected chi connectivity index (χ4v) is 3.68. The number of aromatic nitrogens is 4. The zero-order chi connectivity index (χ0) is 19.8. The second kappa shape index (κ2) is 7.12. The highest BCUT2D eigenvalue weighted by Crippen LogP contribution is 2.21. The highest BCUT2D eigenvalue weighted by atomic mass is 32.2. The van der Waals surface area contributed by atoms with Gasteiger partial charge >= 0.3 is 15.8 Å². The zero-order valence-corrected chi connectivity index (χ0v) is 15.8. The van der Waals surface area contributed by atoms with Crippen LogP contribution < -0.4 is 11.2 Å². The van der Waals surface area contributed by atoms with Gasteiger partial charge in [0.1, 0.15) is 0 Å². The maximum atomic E-state index is 13.0. The van der Waals surface area contributed by atoms with Crippen LogP contribution in [0.25, 0.3) is 16.9 Å². The predicted octanol–water partition coefficient (Wildman–Crippen LogP) is 1.42. The summed E-state index contributed by atoms with van der Waals surface area (Å²) >= 11 is 0. The molecule has 0 saturated heterocycles. The summed E-state index contributed by atoms with van der Waals surface area (Å²) in [5.41, 5.74) is -0.966. The molecular weight excluding hydrogens is 372 g/mol. The van der Waals surface area contributed by atoms with Gasteiger partial charge < -0.3 is 0 Å². The molecule has 0 aliphatic heterocycles. The Hall–Kier alpha value is -2.72. The molecule has 0 aliphatic carbocycles. The average Bonchev–Trinajstić information content (AvgIpc) is 3.04. The van der Waals surface area contributed by atoms with Crippen molar-refractivity contribution >= 4 is 21.3 Å². The molecule has 0 unspecified atom stereocenters. The summed E-state index contributed by atoms with van der Waals surface area (Å²) in [4.78, 5) is 29.8. The van der Waals surface area contributed by atoms with E-state index < -0.39 is 26.5 Å². The van der Waals surface area contributed by atoms with Gasteiger partial charge in [-0.05, 0) is 25.0 Å². The predicted molar refractivity (Wildman–Crippen MR) is 100.0 cm³/mol. The van der Waals surface area contributed by atoms with Gasteiger partial charge in [0.15, 0.2) is 11.2 Å². The normalized spacial score (nSPS) is 12.0. The molecule has 10 heteroatoms. The molecule has 9 nitrogen and oxygen atoms in total. The molecule has 0 fully saturated rings. The molecule has 2 aromatic heterocycles. The Morgan fingerprint density at radius 2 is 1.59 bits per heavy atom. The van der Waals surface area contributed by atoms with Crippen LogP contribution in [-0.2, 0) is 23.2 Å². The summed E-state index contributed by atoms with van der Waals surface area (Å²) in [6.07, 6.45) is 1.14. The monoisotopic (exact) mass is 392 g/mol. The third kappa shape index (κ3) is 3.21. The van der Waals surface area contributed by atoms with E-state index in [0.717, 1.165) is 9.13 Å². The Labute approximate surface area is 155 Å². The molecule has 0 spiro atoms. The first-order valence-corrected chi connectivity index (χ1v) is 10.0. The third-order valence-corrected chi connectivity index (χ3v) is 4.87. The van der Waals surface area contributed by atoms with Crippen molar-refractivity contribution < 1.29 is 13.0 Å². The summed E-state index contributed by atoms with van der Waals surface area (Å²) < 4.78 is 37.0. The van der Waals surface area contributed by atoms with Crippen LogP contribution in [0.2, 0.25) is 0 Å². The van der Waals surface area contributed by atoms with Crippen LogP contribution >= 0.6 is 0 Å². The Bertz CT molecular complexity index is 1210. The third-order valence-electron chi connectivity index (χ3n) is 4.13. The van der Waals surface area contributed by atoms with Crippen molar-refractivity contribution in [1.29, 1.82) is 0 Å². The van der Waals surface area contributed by atoms with E-state index in [1.54, 1.807) is 30.3 Å². The van der Waals surface area contributed by atoms with Crippen LogP contribution in [0.4, 0.5) is 0 Å². The quantitative estimate of drug-likeness (QED) is 0.634. The lowest BCUT2D eigenvalue weighted by Crippen LogP contribution is -2.40. The molecule has 27 heavy (non-hydrogen) atoms. The van der Waals surface area contributed by atoms with Crippen molar-refractivity contribution in [2.24, 2.45) is 0 Å². The Kier molecular flexibility index (Phi) is 5.03. The van der Waals surface area contributed by atoms with Crippen LogP contribution in [0.3, 0.4) is 0 Å². The largest absolute Gasteiger partial charge is 0.332 e. The van der Waals surface area contributed by atoms with E-state index in [9.17, 15) is 22.6 Å².